The Morgan fingerprint density at radius 2 is 2.33 bits per heavy atom. The lowest BCUT2D eigenvalue weighted by molar-refractivity contribution is 0.264. The first-order chi connectivity index (χ1) is 4.29. The molecule has 0 bridgehead atoms. The molecule has 1 radical (unpaired) electrons. The molecule has 0 spiro atoms. The third-order valence-electron chi connectivity index (χ3n) is 1.45. The molecule has 1 heterocycles. The molecule has 0 aromatic carbocycles. The summed E-state index contributed by atoms with van der Waals surface area (Å²) in [6.45, 7) is 7.82. The molecule has 1 saturated heterocycles. The number of nitrogens with zero attached hydrogens (tertiary/aromatic N) is 1. The van der Waals surface area contributed by atoms with E-state index in [4.69, 9.17) is 0 Å². The fourth-order valence-electron chi connectivity index (χ4n) is 1.10. The van der Waals surface area contributed by atoms with Crippen LogP contribution in [0.1, 0.15) is 20.3 Å². The molecule has 1 rings (SSSR count). The molecule has 0 atom stereocenters. The molecule has 2 heteroatoms. The zero-order valence-corrected chi connectivity index (χ0v) is 6.28. The fraction of sp³-hybridized carbons (Fsp3) is 0.857. The number of rotatable bonds is 2. The Labute approximate surface area is 57.2 Å². The van der Waals surface area contributed by atoms with Crippen LogP contribution in [0.15, 0.2) is 0 Å². The molecule has 0 amide bonds. The molecular formula is C7H15N2. The number of hydrazine groups is 1. The minimum absolute atomic E-state index is 1.11. The van der Waals surface area contributed by atoms with E-state index < -0.39 is 0 Å². The van der Waals surface area contributed by atoms with E-state index in [2.05, 4.69) is 24.3 Å². The predicted molar refractivity (Wildman–Crippen MR) is 38.8 cm³/mol. The van der Waals surface area contributed by atoms with Crippen LogP contribution in [-0.4, -0.2) is 24.6 Å². The van der Waals surface area contributed by atoms with Crippen LogP contribution in [0.4, 0.5) is 0 Å². The van der Waals surface area contributed by atoms with E-state index in [0.29, 0.717) is 0 Å². The summed E-state index contributed by atoms with van der Waals surface area (Å²) in [4.78, 5) is 0. The fourth-order valence-corrected chi connectivity index (χ4v) is 1.10. The second-order valence-electron chi connectivity index (χ2n) is 2.89. The zero-order chi connectivity index (χ0) is 6.69. The Hall–Kier alpha value is -0.0800. The summed E-state index contributed by atoms with van der Waals surface area (Å²) < 4.78 is 0. The third-order valence-corrected chi connectivity index (χ3v) is 1.45. The Kier molecular flexibility index (Phi) is 2.49. The Morgan fingerprint density at radius 1 is 1.56 bits per heavy atom. The van der Waals surface area contributed by atoms with E-state index in [1.807, 2.05) is 0 Å². The van der Waals surface area contributed by atoms with E-state index in [1.54, 1.807) is 0 Å². The van der Waals surface area contributed by atoms with Crippen LogP contribution in [0.5, 0.6) is 0 Å². The monoisotopic (exact) mass is 127 g/mol. The summed E-state index contributed by atoms with van der Waals surface area (Å²) in [6, 6.07) is 0. The highest BCUT2D eigenvalue weighted by molar-refractivity contribution is 4.81. The van der Waals surface area contributed by atoms with Gasteiger partial charge in [0.2, 0.25) is 0 Å². The topological polar surface area (TPSA) is 15.3 Å². The molecule has 9 heavy (non-hydrogen) atoms. The zero-order valence-electron chi connectivity index (χ0n) is 6.28. The Bertz CT molecular complexity index is 75.0. The summed E-state index contributed by atoms with van der Waals surface area (Å²) in [5.74, 6) is 1.48. The maximum absolute atomic E-state index is 3.30. The second kappa shape index (κ2) is 3.18. The van der Waals surface area contributed by atoms with Crippen molar-refractivity contribution in [3.8, 4) is 0 Å². The van der Waals surface area contributed by atoms with Crippen molar-refractivity contribution >= 4 is 0 Å². The van der Waals surface area contributed by atoms with Gasteiger partial charge in [-0.2, -0.15) is 0 Å². The van der Waals surface area contributed by atoms with Gasteiger partial charge in [-0.1, -0.05) is 13.8 Å². The van der Waals surface area contributed by atoms with Gasteiger partial charge in [-0.15, -0.1) is 0 Å². The highest BCUT2D eigenvalue weighted by Gasteiger charge is 2.10. The normalized spacial score (nSPS) is 21.7. The molecule has 1 aliphatic heterocycles. The summed E-state index contributed by atoms with van der Waals surface area (Å²) in [7, 11) is 0. The maximum atomic E-state index is 3.30. The van der Waals surface area contributed by atoms with Gasteiger partial charge in [0.05, 0.1) is 0 Å². The first-order valence-electron chi connectivity index (χ1n) is 3.56. The number of hydrogen-bond acceptors (Lipinski definition) is 2. The first kappa shape index (κ1) is 7.03. The van der Waals surface area contributed by atoms with Crippen LogP contribution in [-0.2, 0) is 0 Å². The van der Waals surface area contributed by atoms with Crippen molar-refractivity contribution in [2.45, 2.75) is 20.3 Å². The molecule has 2 nitrogen and oxygen atoms in total. The quantitative estimate of drug-likeness (QED) is 0.590. The first-order valence-corrected chi connectivity index (χ1v) is 3.56. The van der Waals surface area contributed by atoms with Crippen molar-refractivity contribution in [1.82, 2.24) is 10.4 Å². The van der Waals surface area contributed by atoms with Gasteiger partial charge in [0, 0.05) is 19.6 Å². The van der Waals surface area contributed by atoms with Gasteiger partial charge in [-0.25, -0.2) is 5.01 Å². The molecule has 0 saturated carbocycles. The van der Waals surface area contributed by atoms with Crippen molar-refractivity contribution in [1.29, 1.82) is 0 Å². The molecule has 0 aliphatic carbocycles. The van der Waals surface area contributed by atoms with Crippen molar-refractivity contribution < 1.29 is 0 Å². The number of nitrogens with one attached hydrogen (secondary N) is 1. The van der Waals surface area contributed by atoms with Gasteiger partial charge in [0.1, 0.15) is 0 Å². The predicted octanol–water partition coefficient (Wildman–Crippen LogP) is 0.811. The van der Waals surface area contributed by atoms with E-state index in [0.717, 1.165) is 13.1 Å². The summed E-state index contributed by atoms with van der Waals surface area (Å²) in [6.07, 6.45) is 1.30. The van der Waals surface area contributed by atoms with Crippen molar-refractivity contribution in [3.05, 3.63) is 5.92 Å². The SMILES string of the molecule is C[C](C)CN1CCCN1. The summed E-state index contributed by atoms with van der Waals surface area (Å²) in [5.41, 5.74) is 3.30. The van der Waals surface area contributed by atoms with Crippen molar-refractivity contribution in [2.75, 3.05) is 19.6 Å². The second-order valence-corrected chi connectivity index (χ2v) is 2.89. The lowest BCUT2D eigenvalue weighted by Gasteiger charge is -2.16. The molecule has 0 aromatic rings. The number of hydrogen-bond donors (Lipinski definition) is 1. The lowest BCUT2D eigenvalue weighted by Crippen LogP contribution is -2.33. The van der Waals surface area contributed by atoms with Crippen LogP contribution in [0.3, 0.4) is 0 Å². The minimum Gasteiger partial charge on any atom is -0.255 e. The molecule has 1 N–H and O–H groups in total. The highest BCUT2D eigenvalue weighted by Crippen LogP contribution is 2.02. The molecule has 1 fully saturated rings. The van der Waals surface area contributed by atoms with Crippen molar-refractivity contribution in [3.63, 3.8) is 0 Å². The Morgan fingerprint density at radius 3 is 2.78 bits per heavy atom. The third kappa shape index (κ3) is 2.33. The molecule has 1 aliphatic rings. The van der Waals surface area contributed by atoms with Crippen LogP contribution in [0.25, 0.3) is 0 Å². The smallest absolute Gasteiger partial charge is 0.0187 e. The lowest BCUT2D eigenvalue weighted by atomic mass is 10.2. The highest BCUT2D eigenvalue weighted by atomic mass is 15.5. The van der Waals surface area contributed by atoms with Crippen LogP contribution in [0, 0.1) is 5.92 Å². The van der Waals surface area contributed by atoms with Gasteiger partial charge >= 0.3 is 0 Å². The average molecular weight is 127 g/mol. The van der Waals surface area contributed by atoms with Gasteiger partial charge in [-0.3, -0.25) is 5.43 Å². The van der Waals surface area contributed by atoms with Gasteiger partial charge in [0.15, 0.2) is 0 Å². The molecule has 53 valence electrons. The van der Waals surface area contributed by atoms with Crippen LogP contribution < -0.4 is 5.43 Å². The van der Waals surface area contributed by atoms with Gasteiger partial charge < -0.3 is 0 Å². The molecule has 0 aromatic heterocycles. The largest absolute Gasteiger partial charge is 0.255 e. The van der Waals surface area contributed by atoms with Crippen LogP contribution in [0.2, 0.25) is 0 Å². The summed E-state index contributed by atoms with van der Waals surface area (Å²) in [5, 5.41) is 2.27. The van der Waals surface area contributed by atoms with Crippen molar-refractivity contribution in [2.24, 2.45) is 0 Å². The van der Waals surface area contributed by atoms with Crippen LogP contribution >= 0.6 is 0 Å². The standard InChI is InChI=1S/C7H15N2/c1-7(2)6-9-5-3-4-8-9/h8H,3-6H2,1-2H3. The van der Waals surface area contributed by atoms with E-state index in [1.165, 1.54) is 18.9 Å². The van der Waals surface area contributed by atoms with E-state index >= 15 is 0 Å². The van der Waals surface area contributed by atoms with Gasteiger partial charge in [-0.05, 0) is 12.3 Å². The minimum atomic E-state index is 1.11. The van der Waals surface area contributed by atoms with Gasteiger partial charge in [0.25, 0.3) is 0 Å². The summed E-state index contributed by atoms with van der Waals surface area (Å²) >= 11 is 0. The molecular weight excluding hydrogens is 112 g/mol. The Balaban J connectivity index is 2.11. The van der Waals surface area contributed by atoms with E-state index in [9.17, 15) is 0 Å². The maximum Gasteiger partial charge on any atom is 0.0187 e. The van der Waals surface area contributed by atoms with E-state index in [-0.39, 0.29) is 0 Å². The average Bonchev–Trinajstić information content (AvgIpc) is 2.15. The molecule has 0 unspecified atom stereocenters.